The summed E-state index contributed by atoms with van der Waals surface area (Å²) in [5.74, 6) is 0.867. The van der Waals surface area contributed by atoms with Crippen LogP contribution in [0, 0.1) is 6.92 Å². The molecule has 2 aromatic rings. The fourth-order valence-corrected chi connectivity index (χ4v) is 1.90. The highest BCUT2D eigenvalue weighted by Crippen LogP contribution is 2.17. The van der Waals surface area contributed by atoms with E-state index in [9.17, 15) is 0 Å². The first-order valence-electron chi connectivity index (χ1n) is 6.10. The van der Waals surface area contributed by atoms with Gasteiger partial charge in [-0.1, -0.05) is 22.0 Å². The lowest BCUT2D eigenvalue weighted by atomic mass is 10.3. The molecule has 0 radical (unpaired) electrons. The Morgan fingerprint density at radius 3 is 2.89 bits per heavy atom. The Kier molecular flexibility index (Phi) is 5.30. The standard InChI is InChI=1S/C14H16BrN3O/c1-11-8-18-13(10-17-11)9-16-5-6-19-14-4-2-3-12(15)7-14/h2-4,7-8,10,16H,5-6,9H2,1H3. The second-order valence-corrected chi connectivity index (χ2v) is 5.05. The predicted octanol–water partition coefficient (Wildman–Crippen LogP) is 2.72. The van der Waals surface area contributed by atoms with Gasteiger partial charge in [-0.25, -0.2) is 0 Å². The van der Waals surface area contributed by atoms with E-state index in [1.807, 2.05) is 31.2 Å². The minimum Gasteiger partial charge on any atom is -0.492 e. The van der Waals surface area contributed by atoms with Crippen LogP contribution in [0.15, 0.2) is 41.1 Å². The Balaban J connectivity index is 1.66. The van der Waals surface area contributed by atoms with Gasteiger partial charge in [-0.2, -0.15) is 0 Å². The van der Waals surface area contributed by atoms with Gasteiger partial charge in [-0.3, -0.25) is 9.97 Å². The van der Waals surface area contributed by atoms with Crippen molar-refractivity contribution in [2.45, 2.75) is 13.5 Å². The molecule has 0 fully saturated rings. The van der Waals surface area contributed by atoms with Crippen LogP contribution < -0.4 is 10.1 Å². The van der Waals surface area contributed by atoms with Crippen molar-refractivity contribution >= 4 is 15.9 Å². The van der Waals surface area contributed by atoms with Crippen molar-refractivity contribution in [3.05, 3.63) is 52.5 Å². The third kappa shape index (κ3) is 4.96. The molecule has 0 unspecified atom stereocenters. The Hall–Kier alpha value is -1.46. The van der Waals surface area contributed by atoms with Gasteiger partial charge in [0.15, 0.2) is 0 Å². The maximum atomic E-state index is 5.62. The highest BCUT2D eigenvalue weighted by Gasteiger charge is 1.96. The average Bonchev–Trinajstić information content (AvgIpc) is 2.41. The SMILES string of the molecule is Cc1cnc(CNCCOc2cccc(Br)c2)cn1. The molecular weight excluding hydrogens is 306 g/mol. The zero-order chi connectivity index (χ0) is 13.5. The summed E-state index contributed by atoms with van der Waals surface area (Å²) < 4.78 is 6.64. The maximum Gasteiger partial charge on any atom is 0.120 e. The van der Waals surface area contributed by atoms with Crippen LogP contribution in [0.2, 0.25) is 0 Å². The van der Waals surface area contributed by atoms with Gasteiger partial charge in [0.25, 0.3) is 0 Å². The normalized spacial score (nSPS) is 10.4. The molecule has 1 aromatic heterocycles. The van der Waals surface area contributed by atoms with Crippen LogP contribution in [0.25, 0.3) is 0 Å². The summed E-state index contributed by atoms with van der Waals surface area (Å²) in [6, 6.07) is 7.82. The molecular formula is C14H16BrN3O. The second-order valence-electron chi connectivity index (χ2n) is 4.13. The quantitative estimate of drug-likeness (QED) is 0.831. The fourth-order valence-electron chi connectivity index (χ4n) is 1.52. The van der Waals surface area contributed by atoms with Gasteiger partial charge >= 0.3 is 0 Å². The molecule has 0 aliphatic heterocycles. The van der Waals surface area contributed by atoms with Crippen LogP contribution in [0.4, 0.5) is 0 Å². The van der Waals surface area contributed by atoms with E-state index in [1.54, 1.807) is 12.4 Å². The number of ether oxygens (including phenoxy) is 1. The monoisotopic (exact) mass is 321 g/mol. The molecule has 0 saturated heterocycles. The molecule has 2 rings (SSSR count). The van der Waals surface area contributed by atoms with E-state index in [-0.39, 0.29) is 0 Å². The van der Waals surface area contributed by atoms with E-state index >= 15 is 0 Å². The lowest BCUT2D eigenvalue weighted by Crippen LogP contribution is -2.21. The van der Waals surface area contributed by atoms with Gasteiger partial charge in [0.2, 0.25) is 0 Å². The minimum absolute atomic E-state index is 0.621. The van der Waals surface area contributed by atoms with Crippen LogP contribution in [0.1, 0.15) is 11.4 Å². The number of nitrogens with zero attached hydrogens (tertiary/aromatic N) is 2. The van der Waals surface area contributed by atoms with Crippen molar-refractivity contribution in [2.24, 2.45) is 0 Å². The fraction of sp³-hybridized carbons (Fsp3) is 0.286. The number of benzene rings is 1. The summed E-state index contributed by atoms with van der Waals surface area (Å²) in [5.41, 5.74) is 1.87. The number of aromatic nitrogens is 2. The molecule has 0 amide bonds. The van der Waals surface area contributed by atoms with Crippen molar-refractivity contribution in [2.75, 3.05) is 13.2 Å². The number of hydrogen-bond acceptors (Lipinski definition) is 4. The van der Waals surface area contributed by atoms with Crippen molar-refractivity contribution in [3.63, 3.8) is 0 Å². The largest absolute Gasteiger partial charge is 0.492 e. The van der Waals surface area contributed by atoms with E-state index < -0.39 is 0 Å². The molecule has 0 aliphatic rings. The third-order valence-electron chi connectivity index (χ3n) is 2.48. The van der Waals surface area contributed by atoms with Crippen molar-refractivity contribution in [3.8, 4) is 5.75 Å². The molecule has 100 valence electrons. The van der Waals surface area contributed by atoms with Gasteiger partial charge in [-0.05, 0) is 25.1 Å². The summed E-state index contributed by atoms with van der Waals surface area (Å²) in [4.78, 5) is 8.47. The van der Waals surface area contributed by atoms with Gasteiger partial charge in [-0.15, -0.1) is 0 Å². The Labute approximate surface area is 121 Å². The molecule has 0 atom stereocenters. The van der Waals surface area contributed by atoms with Crippen LogP contribution in [0.3, 0.4) is 0 Å². The lowest BCUT2D eigenvalue weighted by molar-refractivity contribution is 0.313. The van der Waals surface area contributed by atoms with Crippen molar-refractivity contribution < 1.29 is 4.74 Å². The number of nitrogens with one attached hydrogen (secondary N) is 1. The van der Waals surface area contributed by atoms with Crippen molar-refractivity contribution in [1.29, 1.82) is 0 Å². The van der Waals surface area contributed by atoms with Gasteiger partial charge in [0.1, 0.15) is 12.4 Å². The first-order chi connectivity index (χ1) is 9.24. The molecule has 0 spiro atoms. The number of aryl methyl sites for hydroxylation is 1. The molecule has 1 heterocycles. The van der Waals surface area contributed by atoms with E-state index in [1.165, 1.54) is 0 Å². The highest BCUT2D eigenvalue weighted by molar-refractivity contribution is 9.10. The van der Waals surface area contributed by atoms with Crippen molar-refractivity contribution in [1.82, 2.24) is 15.3 Å². The van der Waals surface area contributed by atoms with Gasteiger partial charge < -0.3 is 10.1 Å². The molecule has 0 aliphatic carbocycles. The van der Waals surface area contributed by atoms with Gasteiger partial charge in [0.05, 0.1) is 11.4 Å². The molecule has 0 saturated carbocycles. The van der Waals surface area contributed by atoms with E-state index in [4.69, 9.17) is 4.74 Å². The summed E-state index contributed by atoms with van der Waals surface area (Å²) in [6.07, 6.45) is 3.56. The predicted molar refractivity (Wildman–Crippen MR) is 78.1 cm³/mol. The van der Waals surface area contributed by atoms with Crippen LogP contribution in [-0.2, 0) is 6.54 Å². The molecule has 1 aromatic carbocycles. The Morgan fingerprint density at radius 1 is 1.26 bits per heavy atom. The number of halogens is 1. The first-order valence-corrected chi connectivity index (χ1v) is 6.90. The van der Waals surface area contributed by atoms with Crippen LogP contribution >= 0.6 is 15.9 Å². The second kappa shape index (κ2) is 7.21. The third-order valence-corrected chi connectivity index (χ3v) is 2.98. The Bertz CT molecular complexity index is 516. The number of rotatable bonds is 6. The first kappa shape index (κ1) is 14.0. The maximum absolute atomic E-state index is 5.62. The average molecular weight is 322 g/mol. The smallest absolute Gasteiger partial charge is 0.120 e. The molecule has 1 N–H and O–H groups in total. The molecule has 5 heteroatoms. The van der Waals surface area contributed by atoms with Crippen LogP contribution in [-0.4, -0.2) is 23.1 Å². The molecule has 4 nitrogen and oxygen atoms in total. The number of hydrogen-bond donors (Lipinski definition) is 1. The van der Waals surface area contributed by atoms with E-state index in [0.717, 1.165) is 28.2 Å². The zero-order valence-electron chi connectivity index (χ0n) is 10.8. The minimum atomic E-state index is 0.621. The van der Waals surface area contributed by atoms with Gasteiger partial charge in [0, 0.05) is 30.0 Å². The van der Waals surface area contributed by atoms with E-state index in [0.29, 0.717) is 13.2 Å². The van der Waals surface area contributed by atoms with Crippen LogP contribution in [0.5, 0.6) is 5.75 Å². The summed E-state index contributed by atoms with van der Waals surface area (Å²) in [5, 5.41) is 3.27. The summed E-state index contributed by atoms with van der Waals surface area (Å²) >= 11 is 3.41. The molecule has 19 heavy (non-hydrogen) atoms. The highest BCUT2D eigenvalue weighted by atomic mass is 79.9. The topological polar surface area (TPSA) is 47.0 Å². The lowest BCUT2D eigenvalue weighted by Gasteiger charge is -2.07. The van der Waals surface area contributed by atoms with E-state index in [2.05, 4.69) is 31.2 Å². The summed E-state index contributed by atoms with van der Waals surface area (Å²) in [7, 11) is 0. The summed E-state index contributed by atoms with van der Waals surface area (Å²) in [6.45, 7) is 4.02. The molecule has 0 bridgehead atoms. The Morgan fingerprint density at radius 2 is 2.16 bits per heavy atom. The zero-order valence-corrected chi connectivity index (χ0v) is 12.4.